The zero-order valence-electron chi connectivity index (χ0n) is 19.4. The Morgan fingerprint density at radius 3 is 2.54 bits per heavy atom. The second-order valence-electron chi connectivity index (χ2n) is 7.58. The van der Waals surface area contributed by atoms with Gasteiger partial charge in [-0.2, -0.15) is 0 Å². The van der Waals surface area contributed by atoms with Crippen molar-refractivity contribution >= 4 is 46.6 Å². The Bertz CT molecular complexity index is 1520. The van der Waals surface area contributed by atoms with Gasteiger partial charge in [-0.25, -0.2) is 9.79 Å². The Morgan fingerprint density at radius 2 is 1.89 bits per heavy atom. The van der Waals surface area contributed by atoms with Crippen LogP contribution in [0.25, 0.3) is 6.08 Å². The molecule has 10 heteroatoms. The third kappa shape index (κ3) is 4.74. The van der Waals surface area contributed by atoms with Crippen molar-refractivity contribution in [2.45, 2.75) is 19.9 Å². The molecule has 2 heterocycles. The van der Waals surface area contributed by atoms with Crippen LogP contribution in [-0.4, -0.2) is 31.4 Å². The Balaban J connectivity index is 1.98. The largest absolute Gasteiger partial charge is 0.493 e. The zero-order chi connectivity index (χ0) is 25.3. The lowest BCUT2D eigenvalue weighted by Crippen LogP contribution is -2.40. The number of ether oxygens (including phenoxy) is 3. The van der Waals surface area contributed by atoms with Gasteiger partial charge in [-0.05, 0) is 55.3 Å². The summed E-state index contributed by atoms with van der Waals surface area (Å²) in [6.45, 7) is 3.64. The summed E-state index contributed by atoms with van der Waals surface area (Å²) in [5.74, 6) is 0.459. The summed E-state index contributed by atoms with van der Waals surface area (Å²) in [7, 11) is 3.06. The Labute approximate surface area is 215 Å². The van der Waals surface area contributed by atoms with E-state index in [2.05, 4.69) is 4.99 Å². The van der Waals surface area contributed by atoms with E-state index in [0.717, 1.165) is 0 Å². The topological polar surface area (TPSA) is 79.1 Å². The van der Waals surface area contributed by atoms with Crippen molar-refractivity contribution in [1.29, 1.82) is 0 Å². The van der Waals surface area contributed by atoms with Crippen molar-refractivity contribution < 1.29 is 19.0 Å². The second kappa shape index (κ2) is 10.3. The zero-order valence-corrected chi connectivity index (χ0v) is 21.8. The number of allylic oxidation sites excluding steroid dienone is 1. The number of fused-ring (bicyclic) bond motifs is 1. The number of methoxy groups -OCH3 is 2. The summed E-state index contributed by atoms with van der Waals surface area (Å²) in [6.07, 6.45) is 1.69. The third-order valence-electron chi connectivity index (χ3n) is 5.49. The van der Waals surface area contributed by atoms with Crippen molar-refractivity contribution in [2.75, 3.05) is 20.8 Å². The van der Waals surface area contributed by atoms with E-state index in [-0.39, 0.29) is 17.7 Å². The van der Waals surface area contributed by atoms with Gasteiger partial charge in [0.2, 0.25) is 0 Å². The maximum absolute atomic E-state index is 13.7. The van der Waals surface area contributed by atoms with Gasteiger partial charge in [-0.3, -0.25) is 9.36 Å². The van der Waals surface area contributed by atoms with Crippen molar-refractivity contribution in [2.24, 2.45) is 4.99 Å². The summed E-state index contributed by atoms with van der Waals surface area (Å²) in [5, 5.41) is 0.917. The van der Waals surface area contributed by atoms with Crippen LogP contribution in [0.2, 0.25) is 10.0 Å². The van der Waals surface area contributed by atoms with E-state index in [1.54, 1.807) is 56.3 Å². The maximum atomic E-state index is 13.7. The molecule has 0 saturated carbocycles. The highest BCUT2D eigenvalue weighted by atomic mass is 35.5. The van der Waals surface area contributed by atoms with E-state index >= 15 is 0 Å². The van der Waals surface area contributed by atoms with Gasteiger partial charge in [0.15, 0.2) is 16.3 Å². The van der Waals surface area contributed by atoms with Crippen LogP contribution in [0, 0.1) is 0 Å². The minimum atomic E-state index is -0.770. The number of thiazole rings is 1. The summed E-state index contributed by atoms with van der Waals surface area (Å²) < 4.78 is 18.1. The average Bonchev–Trinajstić information content (AvgIpc) is 3.14. The molecule has 1 atom stereocenters. The van der Waals surface area contributed by atoms with Crippen LogP contribution in [0.5, 0.6) is 11.5 Å². The molecule has 0 aliphatic carbocycles. The van der Waals surface area contributed by atoms with Gasteiger partial charge in [0.1, 0.15) is 0 Å². The van der Waals surface area contributed by atoms with E-state index in [4.69, 9.17) is 37.4 Å². The molecule has 0 saturated heterocycles. The molecular formula is C25H22Cl2N2O5S. The molecule has 1 aliphatic heterocycles. The van der Waals surface area contributed by atoms with Crippen LogP contribution >= 0.6 is 34.5 Å². The number of rotatable bonds is 6. The van der Waals surface area contributed by atoms with Crippen molar-refractivity contribution in [3.63, 3.8) is 0 Å². The number of nitrogens with zero attached hydrogens (tertiary/aromatic N) is 2. The molecule has 0 amide bonds. The van der Waals surface area contributed by atoms with Crippen LogP contribution in [0.3, 0.4) is 0 Å². The molecule has 0 bridgehead atoms. The van der Waals surface area contributed by atoms with Gasteiger partial charge < -0.3 is 14.2 Å². The molecule has 0 N–H and O–H groups in total. The molecule has 1 aliphatic rings. The third-order valence-corrected chi connectivity index (χ3v) is 7.03. The predicted molar refractivity (Wildman–Crippen MR) is 136 cm³/mol. The molecule has 35 heavy (non-hydrogen) atoms. The quantitative estimate of drug-likeness (QED) is 0.446. The predicted octanol–water partition coefficient (Wildman–Crippen LogP) is 4.12. The molecule has 182 valence electrons. The number of carbonyl (C=O) groups is 1. The first-order valence-electron chi connectivity index (χ1n) is 10.7. The lowest BCUT2D eigenvalue weighted by atomic mass is 9.95. The standard InChI is InChI=1S/C25H22Cl2N2O5S/c1-5-34-24(31)21-13(2)28-25-29(22(21)15-7-9-18(32-3)19(10-15)33-4)23(30)20(35-25)11-14-6-8-16(26)12-17(14)27/h6-12,22H,5H2,1-4H3/b20-11-/t22-/m0/s1. The number of esters is 1. The van der Waals surface area contributed by atoms with Crippen LogP contribution in [0.15, 0.2) is 57.5 Å². The van der Waals surface area contributed by atoms with E-state index < -0.39 is 12.0 Å². The molecule has 7 nitrogen and oxygen atoms in total. The number of aromatic nitrogens is 1. The van der Waals surface area contributed by atoms with Gasteiger partial charge in [0.25, 0.3) is 5.56 Å². The molecule has 4 rings (SSSR count). The first kappa shape index (κ1) is 25.0. The maximum Gasteiger partial charge on any atom is 0.338 e. The van der Waals surface area contributed by atoms with Crippen molar-refractivity contribution in [3.8, 4) is 11.5 Å². The fourth-order valence-electron chi connectivity index (χ4n) is 3.89. The average molecular weight is 533 g/mol. The SMILES string of the molecule is CCOC(=O)C1=C(C)N=c2s/c(=C\c3ccc(Cl)cc3Cl)c(=O)n2[C@H]1c1ccc(OC)c(OC)c1. The molecule has 0 unspecified atom stereocenters. The highest BCUT2D eigenvalue weighted by molar-refractivity contribution is 7.07. The van der Waals surface area contributed by atoms with E-state index in [1.807, 2.05) is 0 Å². The summed E-state index contributed by atoms with van der Waals surface area (Å²) in [5.41, 5.74) is 1.74. The molecule has 1 aromatic heterocycles. The molecule has 0 spiro atoms. The fourth-order valence-corrected chi connectivity index (χ4v) is 5.39. The molecule has 3 aromatic rings. The lowest BCUT2D eigenvalue weighted by molar-refractivity contribution is -0.139. The van der Waals surface area contributed by atoms with Crippen LogP contribution in [-0.2, 0) is 9.53 Å². The summed E-state index contributed by atoms with van der Waals surface area (Å²) >= 11 is 13.5. The van der Waals surface area contributed by atoms with Crippen LogP contribution in [0.4, 0.5) is 0 Å². The minimum Gasteiger partial charge on any atom is -0.493 e. The number of hydrogen-bond acceptors (Lipinski definition) is 7. The number of carbonyl (C=O) groups excluding carboxylic acids is 1. The number of halogens is 2. The van der Waals surface area contributed by atoms with E-state index in [0.29, 0.717) is 47.7 Å². The van der Waals surface area contributed by atoms with Gasteiger partial charge in [0.05, 0.1) is 42.7 Å². The van der Waals surface area contributed by atoms with E-state index in [9.17, 15) is 9.59 Å². The molecule has 0 fully saturated rings. The van der Waals surface area contributed by atoms with Gasteiger partial charge in [-0.1, -0.05) is 46.7 Å². The minimum absolute atomic E-state index is 0.188. The van der Waals surface area contributed by atoms with Gasteiger partial charge in [0, 0.05) is 10.0 Å². The summed E-state index contributed by atoms with van der Waals surface area (Å²) in [4.78, 5) is 31.7. The highest BCUT2D eigenvalue weighted by Crippen LogP contribution is 2.36. The van der Waals surface area contributed by atoms with Gasteiger partial charge >= 0.3 is 5.97 Å². The van der Waals surface area contributed by atoms with Crippen LogP contribution < -0.4 is 24.4 Å². The lowest BCUT2D eigenvalue weighted by Gasteiger charge is -2.25. The normalized spacial score (nSPS) is 15.5. The smallest absolute Gasteiger partial charge is 0.338 e. The van der Waals surface area contributed by atoms with Crippen molar-refractivity contribution in [1.82, 2.24) is 4.57 Å². The van der Waals surface area contributed by atoms with E-state index in [1.165, 1.54) is 30.1 Å². The Morgan fingerprint density at radius 1 is 1.14 bits per heavy atom. The number of hydrogen-bond donors (Lipinski definition) is 0. The summed E-state index contributed by atoms with van der Waals surface area (Å²) in [6, 6.07) is 9.55. The van der Waals surface area contributed by atoms with Gasteiger partial charge in [-0.15, -0.1) is 0 Å². The molecular weight excluding hydrogens is 511 g/mol. The fraction of sp³-hybridized carbons (Fsp3) is 0.240. The first-order valence-corrected chi connectivity index (χ1v) is 12.2. The van der Waals surface area contributed by atoms with Crippen LogP contribution in [0.1, 0.15) is 31.0 Å². The molecule has 0 radical (unpaired) electrons. The first-order chi connectivity index (χ1) is 16.8. The molecule has 2 aromatic carbocycles. The second-order valence-corrected chi connectivity index (χ2v) is 9.44. The Kier molecular flexibility index (Phi) is 7.35. The monoisotopic (exact) mass is 532 g/mol. The van der Waals surface area contributed by atoms with Crippen molar-refractivity contribution in [3.05, 3.63) is 88.5 Å². The highest BCUT2D eigenvalue weighted by Gasteiger charge is 2.33. The number of benzene rings is 2. The Hall–Kier alpha value is -3.07.